The molecule has 1 saturated heterocycles. The van der Waals surface area contributed by atoms with Gasteiger partial charge in [-0.2, -0.15) is 0 Å². The highest BCUT2D eigenvalue weighted by atomic mass is 16.1. The molecule has 17 heavy (non-hydrogen) atoms. The van der Waals surface area contributed by atoms with Crippen molar-refractivity contribution >= 4 is 11.5 Å². The summed E-state index contributed by atoms with van der Waals surface area (Å²) in [6.45, 7) is 1.02. The summed E-state index contributed by atoms with van der Waals surface area (Å²) in [4.78, 5) is 15.7. The Labute approximate surface area is 99.3 Å². The Morgan fingerprint density at radius 2 is 2.24 bits per heavy atom. The molecule has 1 amide bonds. The Balaban J connectivity index is 2.04. The number of carbonyl (C=O) groups is 1. The van der Waals surface area contributed by atoms with Gasteiger partial charge in [0.05, 0.1) is 11.4 Å². The molecule has 2 aliphatic rings. The topological polar surface area (TPSA) is 41.5 Å². The van der Waals surface area contributed by atoms with Gasteiger partial charge in [0.1, 0.15) is 5.57 Å². The van der Waals surface area contributed by atoms with Crippen molar-refractivity contribution in [3.05, 3.63) is 34.8 Å². The molecule has 3 heteroatoms. The molecule has 0 spiro atoms. The maximum absolute atomic E-state index is 11.7. The zero-order valence-corrected chi connectivity index (χ0v) is 9.36. The third-order valence-electron chi connectivity index (χ3n) is 3.04. The second kappa shape index (κ2) is 4.15. The number of rotatable bonds is 0. The van der Waals surface area contributed by atoms with E-state index in [0.29, 0.717) is 5.57 Å². The smallest absolute Gasteiger partial charge is 0.286 e. The second-order valence-electron chi connectivity index (χ2n) is 4.23. The predicted molar refractivity (Wildman–Crippen MR) is 64.4 cm³/mol. The summed E-state index contributed by atoms with van der Waals surface area (Å²) < 4.78 is 0. The average Bonchev–Trinajstić information content (AvgIpc) is 2.93. The van der Waals surface area contributed by atoms with Crippen LogP contribution in [0.4, 0.5) is 0 Å². The molecule has 1 atom stereocenters. The number of hydrogen-bond acceptors (Lipinski definition) is 2. The van der Waals surface area contributed by atoms with Gasteiger partial charge in [0.15, 0.2) is 0 Å². The third kappa shape index (κ3) is 1.88. The summed E-state index contributed by atoms with van der Waals surface area (Å²) in [6.07, 6.45) is 2.22. The molecule has 1 unspecified atom stereocenters. The highest BCUT2D eigenvalue weighted by Crippen LogP contribution is 2.04. The van der Waals surface area contributed by atoms with Gasteiger partial charge in [-0.05, 0) is 25.5 Å². The van der Waals surface area contributed by atoms with Gasteiger partial charge in [0.25, 0.3) is 5.91 Å². The van der Waals surface area contributed by atoms with Crippen molar-refractivity contribution in [1.29, 1.82) is 0 Å². The Hall–Kier alpha value is -1.92. The van der Waals surface area contributed by atoms with Crippen LogP contribution >= 0.6 is 0 Å². The van der Waals surface area contributed by atoms with Gasteiger partial charge < -0.3 is 5.32 Å². The number of para-hydroxylation sites is 1. The fourth-order valence-corrected chi connectivity index (χ4v) is 2.15. The minimum atomic E-state index is -0.211. The Morgan fingerprint density at radius 1 is 1.35 bits per heavy atom. The van der Waals surface area contributed by atoms with E-state index in [-0.39, 0.29) is 11.9 Å². The molecule has 1 fully saturated rings. The van der Waals surface area contributed by atoms with Crippen LogP contribution in [0.3, 0.4) is 0 Å². The van der Waals surface area contributed by atoms with E-state index in [0.717, 1.165) is 30.0 Å². The molecule has 1 N–H and O–H groups in total. The van der Waals surface area contributed by atoms with Gasteiger partial charge in [0.2, 0.25) is 0 Å². The van der Waals surface area contributed by atoms with Crippen LogP contribution in [-0.4, -0.2) is 18.5 Å². The van der Waals surface area contributed by atoms with Crippen LogP contribution in [0.15, 0.2) is 29.3 Å². The van der Waals surface area contributed by atoms with E-state index >= 15 is 0 Å². The van der Waals surface area contributed by atoms with E-state index in [1.165, 1.54) is 0 Å². The summed E-state index contributed by atoms with van der Waals surface area (Å²) in [5, 5.41) is 4.89. The molecule has 0 radical (unpaired) electrons. The summed E-state index contributed by atoms with van der Waals surface area (Å²) >= 11 is 0. The minimum Gasteiger partial charge on any atom is -0.304 e. The van der Waals surface area contributed by atoms with E-state index in [1.807, 2.05) is 24.3 Å². The van der Waals surface area contributed by atoms with Crippen LogP contribution in [0.25, 0.3) is 5.57 Å². The van der Waals surface area contributed by atoms with Crippen molar-refractivity contribution in [1.82, 2.24) is 5.32 Å². The van der Waals surface area contributed by atoms with Gasteiger partial charge in [-0.1, -0.05) is 30.0 Å². The lowest BCUT2D eigenvalue weighted by atomic mass is 10.1. The molecule has 2 heterocycles. The van der Waals surface area contributed by atoms with Crippen LogP contribution in [0.1, 0.15) is 12.8 Å². The molecule has 0 aromatic heterocycles. The highest BCUT2D eigenvalue weighted by molar-refractivity contribution is 6.21. The summed E-state index contributed by atoms with van der Waals surface area (Å²) in [5.74, 6) is 5.89. The lowest BCUT2D eigenvalue weighted by molar-refractivity contribution is -0.112. The zero-order valence-electron chi connectivity index (χ0n) is 9.36. The predicted octanol–water partition coefficient (Wildman–Crippen LogP) is -0.247. The molecule has 0 bridgehead atoms. The van der Waals surface area contributed by atoms with Crippen molar-refractivity contribution in [2.75, 3.05) is 6.54 Å². The molecular weight excluding hydrogens is 212 g/mol. The van der Waals surface area contributed by atoms with Crippen molar-refractivity contribution < 1.29 is 4.79 Å². The van der Waals surface area contributed by atoms with E-state index < -0.39 is 0 Å². The largest absolute Gasteiger partial charge is 0.304 e. The lowest BCUT2D eigenvalue weighted by Crippen LogP contribution is -2.22. The summed E-state index contributed by atoms with van der Waals surface area (Å²) in [5.41, 5.74) is 0.536. The van der Waals surface area contributed by atoms with Gasteiger partial charge in [-0.3, -0.25) is 4.79 Å². The minimum absolute atomic E-state index is 0.211. The van der Waals surface area contributed by atoms with Crippen LogP contribution in [0.2, 0.25) is 0 Å². The van der Waals surface area contributed by atoms with E-state index in [4.69, 9.17) is 0 Å². The first-order valence-electron chi connectivity index (χ1n) is 5.82. The lowest BCUT2D eigenvalue weighted by Gasteiger charge is -1.97. The maximum atomic E-state index is 11.7. The van der Waals surface area contributed by atoms with E-state index in [9.17, 15) is 4.79 Å². The molecule has 0 aliphatic carbocycles. The molecule has 1 aromatic rings. The molecule has 3 rings (SSSR count). The third-order valence-corrected chi connectivity index (χ3v) is 3.04. The maximum Gasteiger partial charge on any atom is 0.286 e. The monoisotopic (exact) mass is 224 g/mol. The van der Waals surface area contributed by atoms with E-state index in [1.54, 1.807) is 0 Å². The first kappa shape index (κ1) is 10.2. The van der Waals surface area contributed by atoms with Crippen molar-refractivity contribution in [2.24, 2.45) is 4.99 Å². The van der Waals surface area contributed by atoms with E-state index in [2.05, 4.69) is 22.2 Å². The van der Waals surface area contributed by atoms with Crippen molar-refractivity contribution in [3.63, 3.8) is 0 Å². The Morgan fingerprint density at radius 3 is 3.06 bits per heavy atom. The Kier molecular flexibility index (Phi) is 2.50. The van der Waals surface area contributed by atoms with Crippen LogP contribution in [0, 0.1) is 11.8 Å². The SMILES string of the molecule is O=C1N=c2ccccc2=C1C#CC1CCCN1. The van der Waals surface area contributed by atoms with Crippen LogP contribution in [-0.2, 0) is 4.79 Å². The number of hydrogen-bond donors (Lipinski definition) is 1. The Bertz CT molecular complexity index is 643. The number of nitrogens with one attached hydrogen (secondary N) is 1. The van der Waals surface area contributed by atoms with Crippen LogP contribution < -0.4 is 15.9 Å². The molecule has 0 saturated carbocycles. The molecule has 84 valence electrons. The number of carbonyl (C=O) groups excluding carboxylic acids is 1. The van der Waals surface area contributed by atoms with Gasteiger partial charge in [-0.25, -0.2) is 4.99 Å². The van der Waals surface area contributed by atoms with Gasteiger partial charge >= 0.3 is 0 Å². The van der Waals surface area contributed by atoms with Crippen LogP contribution in [0.5, 0.6) is 0 Å². The fraction of sp³-hybridized carbons (Fsp3) is 0.286. The van der Waals surface area contributed by atoms with Crippen molar-refractivity contribution in [3.8, 4) is 11.8 Å². The van der Waals surface area contributed by atoms with Gasteiger partial charge in [-0.15, -0.1) is 0 Å². The standard InChI is InChI=1S/C14H12N2O/c17-14-12(8-7-10-4-3-9-15-10)11-5-1-2-6-13(11)16-14/h1-2,5-6,10,15H,3-4,9H2. The second-order valence-corrected chi connectivity index (χ2v) is 4.23. The number of fused-ring (bicyclic) bond motifs is 1. The molecule has 3 nitrogen and oxygen atoms in total. The zero-order chi connectivity index (χ0) is 11.7. The quantitative estimate of drug-likeness (QED) is 0.618. The molecule has 1 aromatic carbocycles. The normalized spacial score (nSPS) is 21.8. The average molecular weight is 224 g/mol. The number of amides is 1. The van der Waals surface area contributed by atoms with Crippen molar-refractivity contribution in [2.45, 2.75) is 18.9 Å². The number of benzene rings is 1. The van der Waals surface area contributed by atoms with Gasteiger partial charge in [0, 0.05) is 5.22 Å². The first-order valence-corrected chi connectivity index (χ1v) is 5.82. The first-order chi connectivity index (χ1) is 8.34. The number of nitrogens with zero attached hydrogens (tertiary/aromatic N) is 1. The highest BCUT2D eigenvalue weighted by Gasteiger charge is 2.15. The fourth-order valence-electron chi connectivity index (χ4n) is 2.15. The summed E-state index contributed by atoms with van der Waals surface area (Å²) in [7, 11) is 0. The molecular formula is C14H12N2O. The molecule has 2 aliphatic heterocycles. The summed E-state index contributed by atoms with van der Waals surface area (Å²) in [6, 6.07) is 7.75.